The molecule has 0 radical (unpaired) electrons. The van der Waals surface area contributed by atoms with E-state index in [9.17, 15) is 0 Å². The van der Waals surface area contributed by atoms with Crippen molar-refractivity contribution in [3.8, 4) is 0 Å². The molecule has 104 valence electrons. The molecule has 2 aromatic rings. The van der Waals surface area contributed by atoms with E-state index in [1.165, 1.54) is 11.1 Å². The predicted molar refractivity (Wildman–Crippen MR) is 80.0 cm³/mol. The molecule has 0 aliphatic carbocycles. The molecule has 0 saturated carbocycles. The van der Waals surface area contributed by atoms with Crippen LogP contribution in [0, 0.1) is 0 Å². The summed E-state index contributed by atoms with van der Waals surface area (Å²) in [6, 6.07) is 18.6. The number of hydrazine groups is 1. The standard InChI is InChI=1S/C16H19N3O/c1-2-4-15(5-3-1)19-18-10-13-6-8-14(9-7-13)16-11-17-12-20-16/h1-9,16-19H,10-12H2. The SMILES string of the molecule is c1ccc(NNCc2ccc(C3CNCO3)cc2)cc1. The Labute approximate surface area is 119 Å². The first-order valence-electron chi connectivity index (χ1n) is 6.87. The average molecular weight is 269 g/mol. The van der Waals surface area contributed by atoms with E-state index in [4.69, 9.17) is 4.74 Å². The van der Waals surface area contributed by atoms with Crippen LogP contribution in [-0.2, 0) is 11.3 Å². The quantitative estimate of drug-likeness (QED) is 0.730. The zero-order valence-electron chi connectivity index (χ0n) is 11.3. The van der Waals surface area contributed by atoms with Gasteiger partial charge in [-0.3, -0.25) is 5.32 Å². The van der Waals surface area contributed by atoms with Gasteiger partial charge in [-0.2, -0.15) is 0 Å². The summed E-state index contributed by atoms with van der Waals surface area (Å²) in [5.74, 6) is 0. The highest BCUT2D eigenvalue weighted by Crippen LogP contribution is 2.19. The van der Waals surface area contributed by atoms with Crippen molar-refractivity contribution in [3.63, 3.8) is 0 Å². The highest BCUT2D eigenvalue weighted by molar-refractivity contribution is 5.41. The molecule has 1 heterocycles. The van der Waals surface area contributed by atoms with Crippen LogP contribution in [0.2, 0.25) is 0 Å². The van der Waals surface area contributed by atoms with Crippen LogP contribution in [-0.4, -0.2) is 13.3 Å². The number of nitrogens with one attached hydrogen (secondary N) is 3. The number of rotatable bonds is 5. The van der Waals surface area contributed by atoms with E-state index < -0.39 is 0 Å². The highest BCUT2D eigenvalue weighted by Gasteiger charge is 2.16. The van der Waals surface area contributed by atoms with E-state index >= 15 is 0 Å². The van der Waals surface area contributed by atoms with Crippen molar-refractivity contribution >= 4 is 5.69 Å². The van der Waals surface area contributed by atoms with Crippen molar-refractivity contribution in [2.75, 3.05) is 18.7 Å². The molecule has 4 heteroatoms. The maximum atomic E-state index is 5.58. The second kappa shape index (κ2) is 6.52. The fourth-order valence-electron chi connectivity index (χ4n) is 2.24. The largest absolute Gasteiger partial charge is 0.357 e. The summed E-state index contributed by atoms with van der Waals surface area (Å²) in [5.41, 5.74) is 9.93. The van der Waals surface area contributed by atoms with Crippen molar-refractivity contribution in [2.45, 2.75) is 12.6 Å². The highest BCUT2D eigenvalue weighted by atomic mass is 16.5. The van der Waals surface area contributed by atoms with Gasteiger partial charge in [0.1, 0.15) is 0 Å². The molecule has 2 aromatic carbocycles. The molecule has 1 saturated heterocycles. The monoisotopic (exact) mass is 269 g/mol. The molecule has 4 nitrogen and oxygen atoms in total. The molecule has 1 aliphatic rings. The second-order valence-electron chi connectivity index (χ2n) is 4.84. The van der Waals surface area contributed by atoms with Gasteiger partial charge < -0.3 is 10.2 Å². The normalized spacial score (nSPS) is 18.1. The zero-order valence-corrected chi connectivity index (χ0v) is 11.3. The first kappa shape index (κ1) is 13.1. The van der Waals surface area contributed by atoms with Crippen LogP contribution in [0.5, 0.6) is 0 Å². The molecular formula is C16H19N3O. The third-order valence-corrected chi connectivity index (χ3v) is 3.37. The minimum absolute atomic E-state index is 0.194. The van der Waals surface area contributed by atoms with Gasteiger partial charge in [0, 0.05) is 18.8 Å². The third-order valence-electron chi connectivity index (χ3n) is 3.37. The molecule has 3 rings (SSSR count). The van der Waals surface area contributed by atoms with Crippen LogP contribution < -0.4 is 16.2 Å². The van der Waals surface area contributed by atoms with Crippen molar-refractivity contribution in [1.82, 2.24) is 10.7 Å². The smallest absolute Gasteiger partial charge is 0.0975 e. The maximum Gasteiger partial charge on any atom is 0.0975 e. The first-order chi connectivity index (χ1) is 9.92. The molecule has 1 aliphatic heterocycles. The van der Waals surface area contributed by atoms with Crippen molar-refractivity contribution in [1.29, 1.82) is 0 Å². The summed E-state index contributed by atoms with van der Waals surface area (Å²) >= 11 is 0. The average Bonchev–Trinajstić information content (AvgIpc) is 3.03. The topological polar surface area (TPSA) is 45.3 Å². The molecule has 0 spiro atoms. The molecule has 3 N–H and O–H groups in total. The van der Waals surface area contributed by atoms with Crippen LogP contribution in [0.4, 0.5) is 5.69 Å². The van der Waals surface area contributed by atoms with E-state index in [1.807, 2.05) is 30.3 Å². The summed E-state index contributed by atoms with van der Waals surface area (Å²) in [7, 11) is 0. The summed E-state index contributed by atoms with van der Waals surface area (Å²) in [5, 5.41) is 3.19. The van der Waals surface area contributed by atoms with Crippen LogP contribution >= 0.6 is 0 Å². The molecule has 1 atom stereocenters. The summed E-state index contributed by atoms with van der Waals surface area (Å²) in [6.07, 6.45) is 0.194. The molecule has 1 unspecified atom stereocenters. The van der Waals surface area contributed by atoms with Gasteiger partial charge in [-0.15, -0.1) is 0 Å². The Bertz CT molecular complexity index is 521. The summed E-state index contributed by atoms with van der Waals surface area (Å²) < 4.78 is 5.58. The minimum atomic E-state index is 0.194. The lowest BCUT2D eigenvalue weighted by atomic mass is 10.1. The molecular weight excluding hydrogens is 250 g/mol. The zero-order chi connectivity index (χ0) is 13.6. The fourth-order valence-corrected chi connectivity index (χ4v) is 2.24. The van der Waals surface area contributed by atoms with Gasteiger partial charge in [0.25, 0.3) is 0 Å². The Kier molecular flexibility index (Phi) is 4.28. The lowest BCUT2D eigenvalue weighted by Crippen LogP contribution is -2.20. The number of ether oxygens (including phenoxy) is 1. The molecule has 20 heavy (non-hydrogen) atoms. The lowest BCUT2D eigenvalue weighted by molar-refractivity contribution is 0.114. The Morgan fingerprint density at radius 2 is 1.85 bits per heavy atom. The summed E-state index contributed by atoms with van der Waals surface area (Å²) in [4.78, 5) is 0. The maximum absolute atomic E-state index is 5.58. The summed E-state index contributed by atoms with van der Waals surface area (Å²) in [6.45, 7) is 2.32. The van der Waals surface area contributed by atoms with E-state index in [-0.39, 0.29) is 6.10 Å². The van der Waals surface area contributed by atoms with Gasteiger partial charge in [0.2, 0.25) is 0 Å². The molecule has 0 aromatic heterocycles. The number of hydrogen-bond donors (Lipinski definition) is 3. The lowest BCUT2D eigenvalue weighted by Gasteiger charge is -2.11. The Morgan fingerprint density at radius 3 is 2.55 bits per heavy atom. The van der Waals surface area contributed by atoms with Crippen molar-refractivity contribution in [3.05, 3.63) is 65.7 Å². The van der Waals surface area contributed by atoms with Gasteiger partial charge in [0.05, 0.1) is 12.8 Å². The van der Waals surface area contributed by atoms with E-state index in [2.05, 4.69) is 40.4 Å². The Hall–Kier alpha value is -1.88. The van der Waals surface area contributed by atoms with Gasteiger partial charge in [-0.05, 0) is 23.3 Å². The molecule has 0 bridgehead atoms. The van der Waals surface area contributed by atoms with Crippen LogP contribution in [0.3, 0.4) is 0 Å². The number of para-hydroxylation sites is 1. The Balaban J connectivity index is 1.50. The molecule has 0 amide bonds. The number of benzene rings is 2. The van der Waals surface area contributed by atoms with Crippen LogP contribution in [0.15, 0.2) is 54.6 Å². The third kappa shape index (κ3) is 3.36. The van der Waals surface area contributed by atoms with Gasteiger partial charge >= 0.3 is 0 Å². The van der Waals surface area contributed by atoms with E-state index in [1.54, 1.807) is 0 Å². The molecule has 1 fully saturated rings. The van der Waals surface area contributed by atoms with Crippen LogP contribution in [0.25, 0.3) is 0 Å². The fraction of sp³-hybridized carbons (Fsp3) is 0.250. The van der Waals surface area contributed by atoms with Gasteiger partial charge in [0.15, 0.2) is 0 Å². The first-order valence-corrected chi connectivity index (χ1v) is 6.87. The van der Waals surface area contributed by atoms with E-state index in [0.717, 1.165) is 18.8 Å². The van der Waals surface area contributed by atoms with Crippen molar-refractivity contribution in [2.24, 2.45) is 0 Å². The van der Waals surface area contributed by atoms with Crippen LogP contribution in [0.1, 0.15) is 17.2 Å². The van der Waals surface area contributed by atoms with Gasteiger partial charge in [-0.25, -0.2) is 5.43 Å². The van der Waals surface area contributed by atoms with E-state index in [0.29, 0.717) is 6.73 Å². The minimum Gasteiger partial charge on any atom is -0.357 e. The predicted octanol–water partition coefficient (Wildman–Crippen LogP) is 2.42. The number of hydrogen-bond acceptors (Lipinski definition) is 4. The van der Waals surface area contributed by atoms with Gasteiger partial charge in [-0.1, -0.05) is 42.5 Å². The second-order valence-corrected chi connectivity index (χ2v) is 4.84. The van der Waals surface area contributed by atoms with Crippen molar-refractivity contribution < 1.29 is 4.74 Å². The number of anilines is 1. The Morgan fingerprint density at radius 1 is 1.05 bits per heavy atom.